The molecule has 0 aliphatic heterocycles. The van der Waals surface area contributed by atoms with Gasteiger partial charge in [0.2, 0.25) is 0 Å². The van der Waals surface area contributed by atoms with Gasteiger partial charge in [-0.1, -0.05) is 111 Å². The quantitative estimate of drug-likeness (QED) is 0.351. The van der Waals surface area contributed by atoms with E-state index in [1.807, 2.05) is 20.8 Å². The van der Waals surface area contributed by atoms with Crippen LogP contribution in [0.25, 0.3) is 0 Å². The molecule has 2 aromatic rings. The summed E-state index contributed by atoms with van der Waals surface area (Å²) in [5, 5.41) is 0. The zero-order chi connectivity index (χ0) is 27.0. The second-order valence-electron chi connectivity index (χ2n) is 12.0. The van der Waals surface area contributed by atoms with Gasteiger partial charge in [-0.15, -0.1) is 0 Å². The third-order valence-electron chi connectivity index (χ3n) is 6.08. The lowest BCUT2D eigenvalue weighted by Gasteiger charge is -2.34. The first-order valence-corrected chi connectivity index (χ1v) is 11.3. The van der Waals surface area contributed by atoms with Gasteiger partial charge < -0.3 is 0 Å². The predicted molar refractivity (Wildman–Crippen MR) is 128 cm³/mol. The van der Waals surface area contributed by atoms with Crippen LogP contribution < -0.4 is 0 Å². The molecule has 2 rings (SSSR count). The fraction of sp³-hybridized carbons (Fsp3) is 0.571. The standard InChI is InChI=1S/C14H16F6.C14H22/c1-11(2,3)9-5-7-10(8-6-9)12(4,13(15,16)17)14(18,19)20;1-13(2,3)11-7-9-12(10-8-11)14(4,5)6/h5-8H,1-4H3;7-10H,1-6H3. The van der Waals surface area contributed by atoms with Gasteiger partial charge in [0.05, 0.1) is 0 Å². The summed E-state index contributed by atoms with van der Waals surface area (Å²) in [7, 11) is 0. The van der Waals surface area contributed by atoms with Crippen LogP contribution in [0.1, 0.15) is 91.5 Å². The molecule has 0 nitrogen and oxygen atoms in total. The average molecular weight is 489 g/mol. The predicted octanol–water partition coefficient (Wildman–Crippen LogP) is 9.65. The molecule has 0 N–H and O–H groups in total. The molecule has 6 heteroatoms. The number of alkyl halides is 6. The lowest BCUT2D eigenvalue weighted by Crippen LogP contribution is -2.51. The highest BCUT2D eigenvalue weighted by Gasteiger charge is 2.68. The van der Waals surface area contributed by atoms with Crippen LogP contribution in [0.3, 0.4) is 0 Å². The summed E-state index contributed by atoms with van der Waals surface area (Å²) in [6.45, 7) is 19.1. The van der Waals surface area contributed by atoms with Crippen molar-refractivity contribution in [3.63, 3.8) is 0 Å². The first kappa shape index (κ1) is 30.1. The van der Waals surface area contributed by atoms with E-state index in [4.69, 9.17) is 0 Å². The van der Waals surface area contributed by atoms with Crippen LogP contribution in [0.5, 0.6) is 0 Å². The van der Waals surface area contributed by atoms with Crippen LogP contribution in [0.15, 0.2) is 48.5 Å². The Labute approximate surface area is 200 Å². The molecule has 0 radical (unpaired) electrons. The summed E-state index contributed by atoms with van der Waals surface area (Å²) in [6.07, 6.45) is -10.8. The molecule has 0 bridgehead atoms. The van der Waals surface area contributed by atoms with E-state index in [-0.39, 0.29) is 23.2 Å². The molecule has 192 valence electrons. The van der Waals surface area contributed by atoms with Gasteiger partial charge in [-0.05, 0) is 45.4 Å². The Kier molecular flexibility index (Phi) is 8.47. The van der Waals surface area contributed by atoms with Crippen LogP contribution >= 0.6 is 0 Å². The molecular weight excluding hydrogens is 450 g/mol. The molecule has 0 amide bonds. The molecule has 0 saturated carbocycles. The van der Waals surface area contributed by atoms with Crippen LogP contribution in [-0.2, 0) is 21.7 Å². The average Bonchev–Trinajstić information content (AvgIpc) is 2.64. The second kappa shape index (κ2) is 9.58. The Morgan fingerprint density at radius 1 is 0.353 bits per heavy atom. The van der Waals surface area contributed by atoms with Gasteiger partial charge in [-0.25, -0.2) is 0 Å². The van der Waals surface area contributed by atoms with E-state index < -0.39 is 23.3 Å². The molecule has 0 aliphatic carbocycles. The lowest BCUT2D eigenvalue weighted by molar-refractivity contribution is -0.297. The minimum atomic E-state index is -5.41. The number of rotatable bonds is 1. The molecule has 0 unspecified atom stereocenters. The summed E-state index contributed by atoms with van der Waals surface area (Å²) < 4.78 is 77.4. The summed E-state index contributed by atoms with van der Waals surface area (Å²) in [5.74, 6) is 0. The van der Waals surface area contributed by atoms with E-state index in [9.17, 15) is 26.3 Å². The first-order chi connectivity index (χ1) is 14.9. The number of benzene rings is 2. The van der Waals surface area contributed by atoms with Crippen LogP contribution in [0.4, 0.5) is 26.3 Å². The zero-order valence-electron chi connectivity index (χ0n) is 21.9. The normalized spacial score (nSPS) is 13.9. The lowest BCUT2D eigenvalue weighted by atomic mass is 9.78. The van der Waals surface area contributed by atoms with E-state index in [0.29, 0.717) is 5.56 Å². The zero-order valence-corrected chi connectivity index (χ0v) is 21.9. The van der Waals surface area contributed by atoms with Gasteiger partial charge in [-0.3, -0.25) is 0 Å². The van der Waals surface area contributed by atoms with E-state index in [0.717, 1.165) is 12.1 Å². The SMILES string of the molecule is CC(C)(C)c1ccc(C(C)(C(F)(F)F)C(F)(F)F)cc1.CC(C)(C)c1ccc(C(C)(C)C)cc1. The van der Waals surface area contributed by atoms with Gasteiger partial charge in [0.15, 0.2) is 5.41 Å². The molecule has 0 spiro atoms. The number of halogens is 6. The van der Waals surface area contributed by atoms with Crippen LogP contribution in [0, 0.1) is 0 Å². The fourth-order valence-electron chi connectivity index (χ4n) is 3.26. The molecule has 0 atom stereocenters. The third kappa shape index (κ3) is 7.02. The Morgan fingerprint density at radius 2 is 0.529 bits per heavy atom. The van der Waals surface area contributed by atoms with Crippen LogP contribution in [-0.4, -0.2) is 12.4 Å². The Morgan fingerprint density at radius 3 is 0.676 bits per heavy atom. The molecular formula is C28H38F6. The summed E-state index contributed by atoms with van der Waals surface area (Å²) in [4.78, 5) is 0. The Balaban J connectivity index is 0.000000362. The maximum atomic E-state index is 12.9. The van der Waals surface area contributed by atoms with E-state index >= 15 is 0 Å². The van der Waals surface area contributed by atoms with E-state index in [2.05, 4.69) is 65.8 Å². The molecule has 34 heavy (non-hydrogen) atoms. The van der Waals surface area contributed by atoms with Crippen molar-refractivity contribution in [1.82, 2.24) is 0 Å². The van der Waals surface area contributed by atoms with Gasteiger partial charge in [0.25, 0.3) is 0 Å². The number of hydrogen-bond donors (Lipinski definition) is 0. The smallest absolute Gasteiger partial charge is 0.170 e. The van der Waals surface area contributed by atoms with Crippen molar-refractivity contribution in [2.75, 3.05) is 0 Å². The fourth-order valence-corrected chi connectivity index (χ4v) is 3.26. The highest BCUT2D eigenvalue weighted by atomic mass is 19.4. The molecule has 0 aliphatic rings. The van der Waals surface area contributed by atoms with Crippen molar-refractivity contribution >= 4 is 0 Å². The van der Waals surface area contributed by atoms with Gasteiger partial charge in [0, 0.05) is 0 Å². The van der Waals surface area contributed by atoms with Crippen molar-refractivity contribution in [3.8, 4) is 0 Å². The largest absolute Gasteiger partial charge is 0.406 e. The maximum Gasteiger partial charge on any atom is 0.406 e. The van der Waals surface area contributed by atoms with Crippen molar-refractivity contribution in [1.29, 1.82) is 0 Å². The van der Waals surface area contributed by atoms with Gasteiger partial charge in [0.1, 0.15) is 0 Å². The highest BCUT2D eigenvalue weighted by molar-refractivity contribution is 5.34. The Hall–Kier alpha value is -1.98. The first-order valence-electron chi connectivity index (χ1n) is 11.3. The molecule has 2 aromatic carbocycles. The van der Waals surface area contributed by atoms with E-state index in [1.165, 1.54) is 23.3 Å². The van der Waals surface area contributed by atoms with Crippen molar-refractivity contribution in [2.45, 2.75) is 103 Å². The minimum absolute atomic E-state index is 0.166. The molecule has 0 saturated heterocycles. The third-order valence-corrected chi connectivity index (χ3v) is 6.08. The molecule has 0 heterocycles. The summed E-state index contributed by atoms with van der Waals surface area (Å²) in [6, 6.07) is 13.4. The number of hydrogen-bond acceptors (Lipinski definition) is 0. The van der Waals surface area contributed by atoms with Gasteiger partial charge >= 0.3 is 12.4 Å². The summed E-state index contributed by atoms with van der Waals surface area (Å²) in [5.41, 5.74) is -0.997. The van der Waals surface area contributed by atoms with Gasteiger partial charge in [-0.2, -0.15) is 26.3 Å². The maximum absolute atomic E-state index is 12.9. The van der Waals surface area contributed by atoms with E-state index in [1.54, 1.807) is 0 Å². The minimum Gasteiger partial charge on any atom is -0.170 e. The Bertz CT molecular complexity index is 863. The van der Waals surface area contributed by atoms with Crippen LogP contribution in [0.2, 0.25) is 0 Å². The highest BCUT2D eigenvalue weighted by Crippen LogP contribution is 2.51. The second-order valence-corrected chi connectivity index (χ2v) is 12.0. The molecule has 0 aromatic heterocycles. The van der Waals surface area contributed by atoms with Crippen molar-refractivity contribution < 1.29 is 26.3 Å². The van der Waals surface area contributed by atoms with Crippen molar-refractivity contribution in [2.24, 2.45) is 0 Å². The van der Waals surface area contributed by atoms with Crippen molar-refractivity contribution in [3.05, 3.63) is 70.8 Å². The topological polar surface area (TPSA) is 0 Å². The molecule has 0 fully saturated rings. The summed E-state index contributed by atoms with van der Waals surface area (Å²) >= 11 is 0. The monoisotopic (exact) mass is 488 g/mol.